The van der Waals surface area contributed by atoms with Crippen molar-refractivity contribution in [1.82, 2.24) is 42.5 Å². The Labute approximate surface area is 370 Å². The van der Waals surface area contributed by atoms with Crippen molar-refractivity contribution in [2.45, 2.75) is 170 Å². The van der Waals surface area contributed by atoms with Gasteiger partial charge in [0.15, 0.2) is 0 Å². The number of nitrogens with one attached hydrogen (secondary N) is 8. The van der Waals surface area contributed by atoms with Crippen LogP contribution in [0.4, 0.5) is 0 Å². The Hall–Kier alpha value is -5.38. The number of hydrogen-bond donors (Lipinski definition) is 12. The van der Waals surface area contributed by atoms with Gasteiger partial charge in [0.25, 0.3) is 0 Å². The van der Waals surface area contributed by atoms with Crippen LogP contribution in [-0.2, 0) is 47.9 Å². The second-order valence-corrected chi connectivity index (χ2v) is 17.6. The van der Waals surface area contributed by atoms with E-state index >= 15 is 0 Å². The molecule has 0 unspecified atom stereocenters. The molecule has 14 N–H and O–H groups in total. The quantitative estimate of drug-likeness (QED) is 0.0411. The second-order valence-electron chi connectivity index (χ2n) is 17.6. The van der Waals surface area contributed by atoms with Crippen LogP contribution in [0.1, 0.15) is 109 Å². The van der Waals surface area contributed by atoms with E-state index < -0.39 is 144 Å². The number of hydrogen-bond acceptors (Lipinski definition) is 12. The van der Waals surface area contributed by atoms with Crippen LogP contribution in [0.15, 0.2) is 0 Å². The number of carbonyl (C=O) groups is 10. The van der Waals surface area contributed by atoms with E-state index in [1.165, 1.54) is 20.8 Å². The fourth-order valence-electron chi connectivity index (χ4n) is 5.90. The molecule has 0 aromatic rings. The molecule has 22 nitrogen and oxygen atoms in total. The van der Waals surface area contributed by atoms with Gasteiger partial charge < -0.3 is 64.2 Å². The molecule has 0 aliphatic heterocycles. The molecule has 11 atom stereocenters. The highest BCUT2D eigenvalue weighted by molar-refractivity contribution is 5.99. The summed E-state index contributed by atoms with van der Waals surface area (Å²) < 4.78 is 0. The lowest BCUT2D eigenvalue weighted by Gasteiger charge is -2.31. The molecule has 360 valence electrons. The number of nitrogens with two attached hydrogens (primary N) is 2. The number of aliphatic carboxylic acids is 1. The SMILES string of the molecule is CC[C@H](C)[C@H](NC(=O)[C@H](CC(N)=O)NC(=O)[C@H](C)NC(=O)[C@H](C)NC(=O)[C@@H](N)C(C)C)C(=O)N[C@H](C(=O)N[C@@H](CC(C)C)C(=O)N[C@H](C(=O)N[C@H](C(=O)O)C(C)C)[C@@H](C)O)C(C)C. The maximum absolute atomic E-state index is 13.9. The molecule has 0 radical (unpaired) electrons. The highest BCUT2D eigenvalue weighted by Crippen LogP contribution is 2.13. The summed E-state index contributed by atoms with van der Waals surface area (Å²) >= 11 is 0. The first-order chi connectivity index (χ1) is 29.0. The van der Waals surface area contributed by atoms with Gasteiger partial charge in [-0.05, 0) is 56.8 Å². The van der Waals surface area contributed by atoms with Crippen LogP contribution in [0.5, 0.6) is 0 Å². The number of carbonyl (C=O) groups excluding carboxylic acids is 9. The molecule has 0 saturated heterocycles. The van der Waals surface area contributed by atoms with E-state index in [1.807, 2.05) is 0 Å². The molecule has 0 aromatic carbocycles. The fraction of sp³-hybridized carbons (Fsp3) is 0.756. The van der Waals surface area contributed by atoms with Crippen LogP contribution in [0.2, 0.25) is 0 Å². The van der Waals surface area contributed by atoms with Crippen LogP contribution in [0.25, 0.3) is 0 Å². The van der Waals surface area contributed by atoms with E-state index in [9.17, 15) is 58.2 Å². The molecule has 9 amide bonds. The summed E-state index contributed by atoms with van der Waals surface area (Å²) in [5.74, 6) is -11.0. The van der Waals surface area contributed by atoms with Gasteiger partial charge in [-0.1, -0.05) is 75.7 Å². The van der Waals surface area contributed by atoms with E-state index in [-0.39, 0.29) is 18.3 Å². The van der Waals surface area contributed by atoms with E-state index in [4.69, 9.17) is 11.5 Å². The predicted octanol–water partition coefficient (Wildman–Crippen LogP) is -2.37. The Kier molecular flexibility index (Phi) is 24.6. The van der Waals surface area contributed by atoms with Crippen molar-refractivity contribution >= 4 is 59.1 Å². The normalized spacial score (nSPS) is 16.7. The van der Waals surface area contributed by atoms with Crippen molar-refractivity contribution in [3.8, 4) is 0 Å². The highest BCUT2D eigenvalue weighted by atomic mass is 16.4. The number of carboxylic acids is 1. The third kappa shape index (κ3) is 19.7. The lowest BCUT2D eigenvalue weighted by atomic mass is 9.95. The standard InChI is InChI=1S/C41H74N10O12/c1-14-21(10)31(50-36(57)26(16-27(42)53)46-34(55)23(12)44-33(54)22(11)45-37(58)28(43)18(4)5)39(60)48-29(19(6)7)38(59)47-25(15-17(2)3)35(56)51-32(24(13)52)40(61)49-30(20(8)9)41(62)63/h17-26,28-32,52H,14-16,43H2,1-13H3,(H2,42,53)(H,44,54)(H,45,58)(H,46,55)(H,47,59)(H,48,60)(H,49,61)(H,50,57)(H,51,56)(H,62,63)/t21-,22-,23-,24+,25-,26-,28-,29-,30-,31-,32-/m0/s1. The van der Waals surface area contributed by atoms with Gasteiger partial charge in [-0.3, -0.25) is 43.2 Å². The number of amides is 9. The number of primary amides is 1. The zero-order valence-corrected chi connectivity index (χ0v) is 38.9. The van der Waals surface area contributed by atoms with Crippen molar-refractivity contribution in [3.05, 3.63) is 0 Å². The van der Waals surface area contributed by atoms with Crippen molar-refractivity contribution in [2.75, 3.05) is 0 Å². The molecule has 22 heteroatoms. The first kappa shape index (κ1) is 57.6. The molecule has 0 aromatic heterocycles. The third-order valence-electron chi connectivity index (χ3n) is 10.2. The zero-order valence-electron chi connectivity index (χ0n) is 38.9. The van der Waals surface area contributed by atoms with Crippen molar-refractivity contribution in [1.29, 1.82) is 0 Å². The molecule has 63 heavy (non-hydrogen) atoms. The summed E-state index contributed by atoms with van der Waals surface area (Å²) in [4.78, 5) is 130. The molecule has 0 heterocycles. The lowest BCUT2D eigenvalue weighted by Crippen LogP contribution is -2.62. The third-order valence-corrected chi connectivity index (χ3v) is 10.2. The monoisotopic (exact) mass is 899 g/mol. The van der Waals surface area contributed by atoms with Crippen LogP contribution in [0, 0.1) is 29.6 Å². The molecule has 0 spiro atoms. The first-order valence-corrected chi connectivity index (χ1v) is 21.3. The lowest BCUT2D eigenvalue weighted by molar-refractivity contribution is -0.144. The topological polar surface area (TPSA) is 359 Å². The Morgan fingerprint density at radius 2 is 0.873 bits per heavy atom. The predicted molar refractivity (Wildman–Crippen MR) is 231 cm³/mol. The van der Waals surface area contributed by atoms with Crippen LogP contribution < -0.4 is 54.0 Å². The smallest absolute Gasteiger partial charge is 0.326 e. The molecule has 0 aliphatic carbocycles. The number of carboxylic acid groups (broad SMARTS) is 1. The first-order valence-electron chi connectivity index (χ1n) is 21.3. The Morgan fingerprint density at radius 3 is 1.30 bits per heavy atom. The fourth-order valence-corrected chi connectivity index (χ4v) is 5.90. The van der Waals surface area contributed by atoms with Gasteiger partial charge in [0, 0.05) is 0 Å². The van der Waals surface area contributed by atoms with Crippen molar-refractivity contribution in [3.63, 3.8) is 0 Å². The van der Waals surface area contributed by atoms with Crippen molar-refractivity contribution < 1.29 is 58.2 Å². The van der Waals surface area contributed by atoms with Crippen LogP contribution in [0.3, 0.4) is 0 Å². The van der Waals surface area contributed by atoms with Gasteiger partial charge in [-0.25, -0.2) is 4.79 Å². The summed E-state index contributed by atoms with van der Waals surface area (Å²) in [5, 5.41) is 39.7. The second kappa shape index (κ2) is 26.9. The average Bonchev–Trinajstić information content (AvgIpc) is 3.17. The zero-order chi connectivity index (χ0) is 49.2. The molecular formula is C41H74N10O12. The summed E-state index contributed by atoms with van der Waals surface area (Å²) in [5.41, 5.74) is 11.2. The average molecular weight is 899 g/mol. The van der Waals surface area contributed by atoms with E-state index in [0.717, 1.165) is 0 Å². The molecule has 0 aliphatic rings. The van der Waals surface area contributed by atoms with E-state index in [2.05, 4.69) is 42.5 Å². The number of rotatable bonds is 27. The van der Waals surface area contributed by atoms with Crippen molar-refractivity contribution in [2.24, 2.45) is 41.1 Å². The Morgan fingerprint density at radius 1 is 0.476 bits per heavy atom. The minimum absolute atomic E-state index is 0.0532. The number of aliphatic hydroxyl groups is 1. The summed E-state index contributed by atoms with van der Waals surface area (Å²) in [6.45, 7) is 20.7. The van der Waals surface area contributed by atoms with Gasteiger partial charge in [-0.2, -0.15) is 0 Å². The van der Waals surface area contributed by atoms with Gasteiger partial charge in [0.2, 0.25) is 53.2 Å². The summed E-state index contributed by atoms with van der Waals surface area (Å²) in [6, 6.07) is -11.7. The Bertz CT molecular complexity index is 1620. The van der Waals surface area contributed by atoms with Gasteiger partial charge in [0.05, 0.1) is 18.6 Å². The van der Waals surface area contributed by atoms with Crippen LogP contribution in [-0.4, -0.2) is 130 Å². The maximum Gasteiger partial charge on any atom is 0.326 e. The minimum Gasteiger partial charge on any atom is -0.480 e. The van der Waals surface area contributed by atoms with Gasteiger partial charge in [-0.15, -0.1) is 0 Å². The maximum atomic E-state index is 13.9. The molecule has 0 rings (SSSR count). The number of aliphatic hydroxyl groups excluding tert-OH is 1. The summed E-state index contributed by atoms with van der Waals surface area (Å²) in [7, 11) is 0. The molecule has 0 fully saturated rings. The molecule has 0 bridgehead atoms. The van der Waals surface area contributed by atoms with E-state index in [0.29, 0.717) is 6.42 Å². The highest BCUT2D eigenvalue weighted by Gasteiger charge is 2.37. The van der Waals surface area contributed by atoms with E-state index in [1.54, 1.807) is 69.2 Å². The van der Waals surface area contributed by atoms with Gasteiger partial charge in [0.1, 0.15) is 48.3 Å². The molecular weight excluding hydrogens is 825 g/mol. The Balaban J connectivity index is 6.24. The molecule has 0 saturated carbocycles. The van der Waals surface area contributed by atoms with Gasteiger partial charge >= 0.3 is 5.97 Å². The van der Waals surface area contributed by atoms with Crippen LogP contribution >= 0.6 is 0 Å². The summed E-state index contributed by atoms with van der Waals surface area (Å²) in [6.07, 6.45) is -1.77. The largest absolute Gasteiger partial charge is 0.480 e. The minimum atomic E-state index is -1.61.